The molecule has 3 nitrogen and oxygen atoms in total. The topological polar surface area (TPSA) is 41.6 Å². The Balaban J connectivity index is 1.68. The van der Waals surface area contributed by atoms with Gasteiger partial charge in [0, 0.05) is 38.9 Å². The van der Waals surface area contributed by atoms with Crippen LogP contribution in [0.25, 0.3) is 38.6 Å². The molecule has 5 rings (SSSR count). The van der Waals surface area contributed by atoms with Gasteiger partial charge in [-0.2, -0.15) is 5.26 Å². The molecule has 0 N–H and O–H groups in total. The zero-order valence-electron chi connectivity index (χ0n) is 14.8. The number of fused-ring (bicyclic) bond motifs is 2. The standard InChI is InChI=1S/C24H14BrN3/c25-22-13-19(9-8-17(22)14-26)28-11-10-21-20(5-3-7-24(21)28)18-12-16-4-1-2-6-23(16)27-15-18/h1-13,15H. The minimum atomic E-state index is 0.628. The first kappa shape index (κ1) is 16.7. The second-order valence-electron chi connectivity index (χ2n) is 6.62. The van der Waals surface area contributed by atoms with E-state index < -0.39 is 0 Å². The number of halogens is 1. The van der Waals surface area contributed by atoms with Gasteiger partial charge >= 0.3 is 0 Å². The van der Waals surface area contributed by atoms with Crippen molar-refractivity contribution in [3.8, 4) is 22.9 Å². The number of nitrogens with zero attached hydrogens (tertiary/aromatic N) is 3. The third-order valence-corrected chi connectivity index (χ3v) is 5.64. The summed E-state index contributed by atoms with van der Waals surface area (Å²) in [5.41, 5.74) is 6.00. The van der Waals surface area contributed by atoms with Crippen molar-refractivity contribution in [1.82, 2.24) is 9.55 Å². The van der Waals surface area contributed by atoms with Gasteiger partial charge in [-0.15, -0.1) is 0 Å². The van der Waals surface area contributed by atoms with Crippen LogP contribution in [0.1, 0.15) is 5.56 Å². The maximum absolute atomic E-state index is 9.16. The molecule has 0 atom stereocenters. The van der Waals surface area contributed by atoms with Crippen molar-refractivity contribution in [3.05, 3.63) is 95.2 Å². The molecular weight excluding hydrogens is 410 g/mol. The molecule has 0 aliphatic rings. The highest BCUT2D eigenvalue weighted by Crippen LogP contribution is 2.32. The Kier molecular flexibility index (Phi) is 3.96. The average molecular weight is 424 g/mol. The van der Waals surface area contributed by atoms with E-state index in [9.17, 15) is 0 Å². The monoisotopic (exact) mass is 423 g/mol. The first-order chi connectivity index (χ1) is 13.7. The van der Waals surface area contributed by atoms with Gasteiger partial charge in [-0.1, -0.05) is 30.3 Å². The highest BCUT2D eigenvalue weighted by molar-refractivity contribution is 9.10. The third kappa shape index (κ3) is 2.69. The normalized spacial score (nSPS) is 11.0. The Morgan fingerprint density at radius 2 is 1.82 bits per heavy atom. The summed E-state index contributed by atoms with van der Waals surface area (Å²) >= 11 is 3.49. The fourth-order valence-electron chi connectivity index (χ4n) is 3.61. The Morgan fingerprint density at radius 3 is 2.68 bits per heavy atom. The van der Waals surface area contributed by atoms with Gasteiger partial charge in [0.2, 0.25) is 0 Å². The zero-order chi connectivity index (χ0) is 19.1. The van der Waals surface area contributed by atoms with Crippen LogP contribution in [0.2, 0.25) is 0 Å². The summed E-state index contributed by atoms with van der Waals surface area (Å²) < 4.78 is 2.93. The molecule has 0 saturated heterocycles. The molecule has 0 spiro atoms. The SMILES string of the molecule is N#Cc1ccc(-n2ccc3c(-c4cnc5ccccc5c4)cccc32)cc1Br. The number of hydrogen-bond donors (Lipinski definition) is 0. The lowest BCUT2D eigenvalue weighted by molar-refractivity contribution is 1.12. The molecule has 0 radical (unpaired) electrons. The predicted octanol–water partition coefficient (Wildman–Crippen LogP) is 6.48. The summed E-state index contributed by atoms with van der Waals surface area (Å²) in [6.07, 6.45) is 4.00. The van der Waals surface area contributed by atoms with E-state index in [1.54, 1.807) is 0 Å². The minimum absolute atomic E-state index is 0.628. The van der Waals surface area contributed by atoms with Gasteiger partial charge in [-0.25, -0.2) is 0 Å². The van der Waals surface area contributed by atoms with Crippen molar-refractivity contribution in [1.29, 1.82) is 5.26 Å². The fourth-order valence-corrected chi connectivity index (χ4v) is 4.06. The number of pyridine rings is 1. The molecule has 0 unspecified atom stereocenters. The molecule has 3 aromatic carbocycles. The molecule has 28 heavy (non-hydrogen) atoms. The second kappa shape index (κ2) is 6.63. The highest BCUT2D eigenvalue weighted by atomic mass is 79.9. The molecule has 5 aromatic rings. The molecule has 0 saturated carbocycles. The van der Waals surface area contributed by atoms with E-state index in [1.807, 2.05) is 42.6 Å². The van der Waals surface area contributed by atoms with Gasteiger partial charge < -0.3 is 4.57 Å². The predicted molar refractivity (Wildman–Crippen MR) is 116 cm³/mol. The molecule has 2 heterocycles. The van der Waals surface area contributed by atoms with Gasteiger partial charge in [-0.05, 0) is 64.0 Å². The van der Waals surface area contributed by atoms with E-state index in [0.29, 0.717) is 5.56 Å². The van der Waals surface area contributed by atoms with E-state index in [-0.39, 0.29) is 0 Å². The molecule has 2 aromatic heterocycles. The van der Waals surface area contributed by atoms with Gasteiger partial charge in [0.1, 0.15) is 6.07 Å². The number of benzene rings is 3. The largest absolute Gasteiger partial charge is 0.316 e. The van der Waals surface area contributed by atoms with Gasteiger partial charge in [-0.3, -0.25) is 4.98 Å². The van der Waals surface area contributed by atoms with Crippen molar-refractivity contribution in [2.24, 2.45) is 0 Å². The van der Waals surface area contributed by atoms with Crippen molar-refractivity contribution in [3.63, 3.8) is 0 Å². The van der Waals surface area contributed by atoms with Gasteiger partial charge in [0.05, 0.1) is 16.6 Å². The molecule has 0 bridgehead atoms. The second-order valence-corrected chi connectivity index (χ2v) is 7.47. The molecule has 132 valence electrons. The van der Waals surface area contributed by atoms with Crippen LogP contribution in [-0.4, -0.2) is 9.55 Å². The molecule has 0 fully saturated rings. The van der Waals surface area contributed by atoms with Crippen LogP contribution >= 0.6 is 15.9 Å². The first-order valence-electron chi connectivity index (χ1n) is 8.90. The van der Waals surface area contributed by atoms with E-state index in [1.165, 1.54) is 5.39 Å². The Bertz CT molecular complexity index is 1390. The smallest absolute Gasteiger partial charge is 0.100 e. The highest BCUT2D eigenvalue weighted by Gasteiger charge is 2.10. The number of hydrogen-bond acceptors (Lipinski definition) is 2. The lowest BCUT2D eigenvalue weighted by atomic mass is 10.0. The quantitative estimate of drug-likeness (QED) is 0.326. The molecule has 0 amide bonds. The number of nitriles is 1. The van der Waals surface area contributed by atoms with Crippen LogP contribution < -0.4 is 0 Å². The maximum atomic E-state index is 9.16. The van der Waals surface area contributed by atoms with E-state index >= 15 is 0 Å². The van der Waals surface area contributed by atoms with Crippen molar-refractivity contribution in [2.45, 2.75) is 0 Å². The summed E-state index contributed by atoms with van der Waals surface area (Å²) in [6.45, 7) is 0. The van der Waals surface area contributed by atoms with Crippen molar-refractivity contribution >= 4 is 37.7 Å². The van der Waals surface area contributed by atoms with Gasteiger partial charge in [0.15, 0.2) is 0 Å². The Morgan fingerprint density at radius 1 is 0.929 bits per heavy atom. The summed E-state index contributed by atoms with van der Waals surface area (Å²) in [7, 11) is 0. The van der Waals surface area contributed by atoms with E-state index in [0.717, 1.165) is 37.7 Å². The number of aromatic nitrogens is 2. The lowest BCUT2D eigenvalue weighted by Gasteiger charge is -2.09. The average Bonchev–Trinajstić information content (AvgIpc) is 3.17. The fraction of sp³-hybridized carbons (Fsp3) is 0. The maximum Gasteiger partial charge on any atom is 0.100 e. The van der Waals surface area contributed by atoms with E-state index in [2.05, 4.69) is 74.1 Å². The number of para-hydroxylation sites is 1. The summed E-state index contributed by atoms with van der Waals surface area (Å²) in [5, 5.41) is 11.5. The Hall–Kier alpha value is -3.42. The van der Waals surface area contributed by atoms with Gasteiger partial charge in [0.25, 0.3) is 0 Å². The van der Waals surface area contributed by atoms with Crippen LogP contribution in [0.15, 0.2) is 89.7 Å². The summed E-state index contributed by atoms with van der Waals surface area (Å²) in [4.78, 5) is 4.62. The lowest BCUT2D eigenvalue weighted by Crippen LogP contribution is -1.93. The first-order valence-corrected chi connectivity index (χ1v) is 9.69. The van der Waals surface area contributed by atoms with Crippen LogP contribution in [0.4, 0.5) is 0 Å². The van der Waals surface area contributed by atoms with Crippen LogP contribution in [0.5, 0.6) is 0 Å². The molecule has 0 aliphatic heterocycles. The number of rotatable bonds is 2. The van der Waals surface area contributed by atoms with E-state index in [4.69, 9.17) is 5.26 Å². The summed E-state index contributed by atoms with van der Waals surface area (Å²) in [6, 6.07) is 26.8. The minimum Gasteiger partial charge on any atom is -0.316 e. The summed E-state index contributed by atoms with van der Waals surface area (Å²) in [5.74, 6) is 0. The Labute approximate surface area is 170 Å². The van der Waals surface area contributed by atoms with Crippen molar-refractivity contribution in [2.75, 3.05) is 0 Å². The van der Waals surface area contributed by atoms with Crippen LogP contribution in [-0.2, 0) is 0 Å². The van der Waals surface area contributed by atoms with Crippen molar-refractivity contribution < 1.29 is 0 Å². The zero-order valence-corrected chi connectivity index (χ0v) is 16.4. The molecule has 0 aliphatic carbocycles. The molecular formula is C24H14BrN3. The molecule has 4 heteroatoms. The van der Waals surface area contributed by atoms with Crippen LogP contribution in [0.3, 0.4) is 0 Å². The van der Waals surface area contributed by atoms with Crippen LogP contribution in [0, 0.1) is 11.3 Å². The third-order valence-electron chi connectivity index (χ3n) is 4.99.